The molecule has 2 aliphatic rings. The first-order valence-corrected chi connectivity index (χ1v) is 8.26. The molecule has 2 atom stereocenters. The summed E-state index contributed by atoms with van der Waals surface area (Å²) in [5.74, 6) is -0.733. The normalized spacial score (nSPS) is 27.3. The van der Waals surface area contributed by atoms with Crippen molar-refractivity contribution in [1.29, 1.82) is 0 Å². The van der Waals surface area contributed by atoms with E-state index in [1.54, 1.807) is 34.0 Å². The van der Waals surface area contributed by atoms with Crippen LogP contribution < -0.4 is 10.2 Å². The Morgan fingerprint density at radius 1 is 1.36 bits per heavy atom. The summed E-state index contributed by atoms with van der Waals surface area (Å²) >= 11 is 6.20. The smallest absolute Gasteiger partial charge is 0.329 e. The van der Waals surface area contributed by atoms with Gasteiger partial charge >= 0.3 is 6.03 Å². The quantitative estimate of drug-likeness (QED) is 0.779. The second-order valence-corrected chi connectivity index (χ2v) is 7.69. The van der Waals surface area contributed by atoms with E-state index in [0.29, 0.717) is 5.56 Å². The number of halogens is 1. The van der Waals surface area contributed by atoms with Crippen LogP contribution in [0.4, 0.5) is 10.5 Å². The molecule has 1 heterocycles. The molecule has 4 amide bonds. The zero-order chi connectivity index (χ0) is 18.7. The molecule has 2 N–H and O–H groups in total. The van der Waals surface area contributed by atoms with Gasteiger partial charge in [0, 0.05) is 31.5 Å². The zero-order valence-corrected chi connectivity index (χ0v) is 15.2. The summed E-state index contributed by atoms with van der Waals surface area (Å²) in [6, 6.07) is 3.85. The van der Waals surface area contributed by atoms with E-state index in [2.05, 4.69) is 5.32 Å². The highest BCUT2D eigenvalue weighted by Gasteiger charge is 2.70. The third-order valence-corrected chi connectivity index (χ3v) is 5.68. The summed E-state index contributed by atoms with van der Waals surface area (Å²) < 4.78 is 0. The lowest BCUT2D eigenvalue weighted by molar-refractivity contribution is -0.155. The van der Waals surface area contributed by atoms with Crippen LogP contribution in [0.25, 0.3) is 0 Å². The van der Waals surface area contributed by atoms with Crippen molar-refractivity contribution in [3.8, 4) is 0 Å². The fourth-order valence-corrected chi connectivity index (χ4v) is 3.61. The molecule has 0 aromatic heterocycles. The molecule has 0 bridgehead atoms. The molecule has 2 unspecified atom stereocenters. The number of anilines is 1. The number of aliphatic hydroxyl groups is 1. The summed E-state index contributed by atoms with van der Waals surface area (Å²) in [4.78, 5) is 40.1. The number of nitrogens with one attached hydrogen (secondary N) is 1. The van der Waals surface area contributed by atoms with Crippen LogP contribution >= 0.6 is 11.6 Å². The molecule has 8 heteroatoms. The highest BCUT2D eigenvalue weighted by Crippen LogP contribution is 2.53. The van der Waals surface area contributed by atoms with Gasteiger partial charge in [-0.3, -0.25) is 9.59 Å². The molecule has 1 saturated carbocycles. The first kappa shape index (κ1) is 17.7. The topological polar surface area (TPSA) is 90.0 Å². The molecule has 134 valence electrons. The fraction of sp³-hybridized carbons (Fsp3) is 0.471. The molecule has 3 rings (SSSR count). The summed E-state index contributed by atoms with van der Waals surface area (Å²) in [6.07, 6.45) is -0.538. The number of aliphatic hydroxyl groups excluding tert-OH is 1. The Morgan fingerprint density at radius 3 is 2.52 bits per heavy atom. The molecule has 1 aromatic carbocycles. The van der Waals surface area contributed by atoms with Gasteiger partial charge in [0.1, 0.15) is 5.54 Å². The second kappa shape index (κ2) is 5.44. The number of carbonyl (C=O) groups is 3. The average Bonchev–Trinajstić information content (AvgIpc) is 2.80. The molecule has 25 heavy (non-hydrogen) atoms. The van der Waals surface area contributed by atoms with Crippen molar-refractivity contribution in [3.05, 3.63) is 28.8 Å². The van der Waals surface area contributed by atoms with E-state index in [0.717, 1.165) is 4.90 Å². The minimum atomic E-state index is -1.16. The second-order valence-electron chi connectivity index (χ2n) is 7.28. The van der Waals surface area contributed by atoms with Gasteiger partial charge < -0.3 is 15.3 Å². The van der Waals surface area contributed by atoms with Crippen molar-refractivity contribution in [2.75, 3.05) is 19.0 Å². The van der Waals surface area contributed by atoms with E-state index in [1.807, 2.05) is 0 Å². The minimum Gasteiger partial charge on any atom is -0.392 e. The van der Waals surface area contributed by atoms with Crippen molar-refractivity contribution in [3.63, 3.8) is 0 Å². The van der Waals surface area contributed by atoms with Gasteiger partial charge in [0.15, 0.2) is 0 Å². The molecule has 7 nitrogen and oxygen atoms in total. The van der Waals surface area contributed by atoms with Gasteiger partial charge in [0.05, 0.1) is 16.8 Å². The van der Waals surface area contributed by atoms with Crippen molar-refractivity contribution in [1.82, 2.24) is 10.2 Å². The van der Waals surface area contributed by atoms with Crippen molar-refractivity contribution < 1.29 is 19.5 Å². The third kappa shape index (κ3) is 2.26. The highest BCUT2D eigenvalue weighted by molar-refractivity contribution is 6.36. The van der Waals surface area contributed by atoms with Crippen LogP contribution in [0.15, 0.2) is 18.2 Å². The van der Waals surface area contributed by atoms with Crippen LogP contribution in [0.1, 0.15) is 30.6 Å². The van der Waals surface area contributed by atoms with E-state index in [9.17, 15) is 19.5 Å². The van der Waals surface area contributed by atoms with Gasteiger partial charge in [-0.2, -0.15) is 0 Å². The Bertz CT molecular complexity index is 792. The predicted octanol–water partition coefficient (Wildman–Crippen LogP) is 1.63. The lowest BCUT2D eigenvalue weighted by Gasteiger charge is -2.55. The van der Waals surface area contributed by atoms with Crippen LogP contribution in [-0.2, 0) is 4.79 Å². The van der Waals surface area contributed by atoms with Crippen LogP contribution in [-0.4, -0.2) is 53.6 Å². The molecule has 1 saturated heterocycles. The van der Waals surface area contributed by atoms with Gasteiger partial charge in [-0.15, -0.1) is 0 Å². The van der Waals surface area contributed by atoms with E-state index in [4.69, 9.17) is 11.6 Å². The average molecular weight is 366 g/mol. The lowest BCUT2D eigenvalue weighted by atomic mass is 9.54. The molecular weight excluding hydrogens is 346 g/mol. The number of rotatable bonds is 2. The van der Waals surface area contributed by atoms with Crippen LogP contribution in [0.2, 0.25) is 5.02 Å². The standard InChI is InChI=1S/C17H20ClN3O4/c1-16(2)12(22)8-17(16)14(24)21(15(25)19-17)11-7-9(5-6-10(11)18)13(23)20(3)4/h5-7,12,22H,8H2,1-4H3,(H,19,25). The predicted molar refractivity (Wildman–Crippen MR) is 92.6 cm³/mol. The maximum Gasteiger partial charge on any atom is 0.329 e. The van der Waals surface area contributed by atoms with Gasteiger partial charge in [0.2, 0.25) is 0 Å². The number of hydrogen-bond donors (Lipinski definition) is 2. The van der Waals surface area contributed by atoms with Crippen molar-refractivity contribution in [2.45, 2.75) is 31.9 Å². The molecule has 1 spiro atoms. The van der Waals surface area contributed by atoms with Gasteiger partial charge in [-0.05, 0) is 18.2 Å². The largest absolute Gasteiger partial charge is 0.392 e. The summed E-state index contributed by atoms with van der Waals surface area (Å²) in [5, 5.41) is 12.9. The molecule has 1 aliphatic heterocycles. The number of hydrogen-bond acceptors (Lipinski definition) is 4. The minimum absolute atomic E-state index is 0.148. The number of nitrogens with zero attached hydrogens (tertiary/aromatic N) is 2. The Kier molecular flexibility index (Phi) is 3.85. The molecule has 0 radical (unpaired) electrons. The molecular formula is C17H20ClN3O4. The number of urea groups is 1. The van der Waals surface area contributed by atoms with Gasteiger partial charge in [0.25, 0.3) is 11.8 Å². The van der Waals surface area contributed by atoms with E-state index < -0.39 is 29.0 Å². The molecule has 2 fully saturated rings. The van der Waals surface area contributed by atoms with E-state index in [-0.39, 0.29) is 23.0 Å². The first-order chi connectivity index (χ1) is 11.5. The monoisotopic (exact) mass is 365 g/mol. The summed E-state index contributed by atoms with van der Waals surface area (Å²) in [7, 11) is 3.22. The fourth-order valence-electron chi connectivity index (χ4n) is 3.41. The maximum atomic E-state index is 13.0. The summed E-state index contributed by atoms with van der Waals surface area (Å²) in [6.45, 7) is 3.47. The van der Waals surface area contributed by atoms with Crippen LogP contribution in [0.5, 0.6) is 0 Å². The third-order valence-electron chi connectivity index (χ3n) is 5.36. The number of imide groups is 1. The molecule has 1 aromatic rings. The first-order valence-electron chi connectivity index (χ1n) is 7.89. The van der Waals surface area contributed by atoms with Crippen LogP contribution in [0.3, 0.4) is 0 Å². The van der Waals surface area contributed by atoms with E-state index in [1.165, 1.54) is 17.0 Å². The number of benzene rings is 1. The zero-order valence-electron chi connectivity index (χ0n) is 14.5. The Morgan fingerprint density at radius 2 is 2.00 bits per heavy atom. The lowest BCUT2D eigenvalue weighted by Crippen LogP contribution is -2.72. The Labute approximate surface area is 150 Å². The number of amides is 4. The highest BCUT2D eigenvalue weighted by atomic mass is 35.5. The van der Waals surface area contributed by atoms with Crippen molar-refractivity contribution >= 4 is 35.1 Å². The SMILES string of the molecule is CN(C)C(=O)c1ccc(Cl)c(N2C(=O)NC3(CC(O)C3(C)C)C2=O)c1. The maximum absolute atomic E-state index is 13.0. The Balaban J connectivity index is 2.03. The van der Waals surface area contributed by atoms with Crippen molar-refractivity contribution in [2.24, 2.45) is 5.41 Å². The number of carbonyl (C=O) groups excluding carboxylic acids is 3. The molecule has 1 aliphatic carbocycles. The summed E-state index contributed by atoms with van der Waals surface area (Å²) in [5.41, 5.74) is -1.48. The van der Waals surface area contributed by atoms with Gasteiger partial charge in [-0.1, -0.05) is 25.4 Å². The Hall–Kier alpha value is -2.12. The van der Waals surface area contributed by atoms with Gasteiger partial charge in [-0.25, -0.2) is 9.69 Å². The van der Waals surface area contributed by atoms with Crippen LogP contribution in [0, 0.1) is 5.41 Å². The van der Waals surface area contributed by atoms with E-state index >= 15 is 0 Å².